The average molecular weight is 271 g/mol. The molecule has 1 aliphatic rings. The first-order valence-electron chi connectivity index (χ1n) is 5.58. The van der Waals surface area contributed by atoms with E-state index in [0.29, 0.717) is 4.83 Å². The van der Waals surface area contributed by atoms with E-state index in [-0.39, 0.29) is 5.82 Å². The van der Waals surface area contributed by atoms with Gasteiger partial charge in [-0.3, -0.25) is 0 Å². The van der Waals surface area contributed by atoms with E-state index in [9.17, 15) is 4.39 Å². The maximum Gasteiger partial charge on any atom is 0.126 e. The molecule has 15 heavy (non-hydrogen) atoms. The van der Waals surface area contributed by atoms with Gasteiger partial charge >= 0.3 is 0 Å². The van der Waals surface area contributed by atoms with E-state index in [1.807, 2.05) is 19.1 Å². The lowest BCUT2D eigenvalue weighted by Crippen LogP contribution is -2.03. The Kier molecular flexibility index (Phi) is 3.45. The summed E-state index contributed by atoms with van der Waals surface area (Å²) in [6, 6.07) is 5.45. The van der Waals surface area contributed by atoms with Gasteiger partial charge in [0.05, 0.1) is 0 Å². The van der Waals surface area contributed by atoms with Gasteiger partial charge in [-0.2, -0.15) is 0 Å². The van der Waals surface area contributed by atoms with Crippen LogP contribution in [0.5, 0.6) is 0 Å². The Bertz CT molecular complexity index is 342. The highest BCUT2D eigenvalue weighted by atomic mass is 79.9. The molecule has 2 heteroatoms. The number of benzene rings is 1. The van der Waals surface area contributed by atoms with Gasteiger partial charge in [-0.1, -0.05) is 40.9 Å². The summed E-state index contributed by atoms with van der Waals surface area (Å²) >= 11 is 3.75. The van der Waals surface area contributed by atoms with Crippen LogP contribution in [0.25, 0.3) is 0 Å². The number of hydrogen-bond donors (Lipinski definition) is 0. The van der Waals surface area contributed by atoms with Crippen molar-refractivity contribution >= 4 is 15.9 Å². The van der Waals surface area contributed by atoms with Gasteiger partial charge in [0.15, 0.2) is 0 Å². The van der Waals surface area contributed by atoms with Crippen molar-refractivity contribution in [2.75, 3.05) is 0 Å². The molecule has 1 atom stereocenters. The van der Waals surface area contributed by atoms with Gasteiger partial charge in [-0.05, 0) is 42.9 Å². The summed E-state index contributed by atoms with van der Waals surface area (Å²) in [5.41, 5.74) is 1.97. The molecule has 0 radical (unpaired) electrons. The van der Waals surface area contributed by atoms with Crippen LogP contribution in [-0.2, 0) is 0 Å². The zero-order chi connectivity index (χ0) is 10.8. The summed E-state index contributed by atoms with van der Waals surface area (Å²) in [6.07, 6.45) is 5.28. The minimum Gasteiger partial charge on any atom is -0.207 e. The molecule has 0 heterocycles. The van der Waals surface area contributed by atoms with Gasteiger partial charge in [-0.15, -0.1) is 0 Å². The molecule has 0 spiro atoms. The summed E-state index contributed by atoms with van der Waals surface area (Å²) in [4.78, 5) is 0.402. The zero-order valence-corrected chi connectivity index (χ0v) is 10.6. The fourth-order valence-electron chi connectivity index (χ4n) is 2.36. The predicted octanol–water partition coefficient (Wildman–Crippen LogP) is 4.76. The number of halogens is 2. The SMILES string of the molecule is Cc1cc(C(Br)C2CCCC2)ccc1F. The van der Waals surface area contributed by atoms with Crippen LogP contribution in [-0.4, -0.2) is 0 Å². The van der Waals surface area contributed by atoms with Crippen LogP contribution in [0.1, 0.15) is 41.6 Å². The van der Waals surface area contributed by atoms with Gasteiger partial charge in [0, 0.05) is 4.83 Å². The van der Waals surface area contributed by atoms with Crippen LogP contribution in [0.3, 0.4) is 0 Å². The van der Waals surface area contributed by atoms with Crippen molar-refractivity contribution in [3.8, 4) is 0 Å². The van der Waals surface area contributed by atoms with Crippen molar-refractivity contribution in [3.05, 3.63) is 35.1 Å². The molecule has 1 aliphatic carbocycles. The fraction of sp³-hybridized carbons (Fsp3) is 0.538. The van der Waals surface area contributed by atoms with Crippen molar-refractivity contribution in [3.63, 3.8) is 0 Å². The summed E-state index contributed by atoms with van der Waals surface area (Å²) in [5, 5.41) is 0. The lowest BCUT2D eigenvalue weighted by molar-refractivity contribution is 0.540. The summed E-state index contributed by atoms with van der Waals surface area (Å²) in [7, 11) is 0. The second kappa shape index (κ2) is 4.65. The van der Waals surface area contributed by atoms with Gasteiger partial charge in [-0.25, -0.2) is 4.39 Å². The second-order valence-electron chi connectivity index (χ2n) is 4.45. The Morgan fingerprint density at radius 3 is 2.60 bits per heavy atom. The van der Waals surface area contributed by atoms with Crippen molar-refractivity contribution in [2.45, 2.75) is 37.4 Å². The standard InChI is InChI=1S/C13H16BrF/c1-9-8-11(6-7-12(9)15)13(14)10-4-2-3-5-10/h6-8,10,13H,2-5H2,1H3. The van der Waals surface area contributed by atoms with Crippen LogP contribution >= 0.6 is 15.9 Å². The molecule has 0 nitrogen and oxygen atoms in total. The van der Waals surface area contributed by atoms with Crippen molar-refractivity contribution in [1.82, 2.24) is 0 Å². The molecule has 0 aliphatic heterocycles. The average Bonchev–Trinajstić information content (AvgIpc) is 2.74. The van der Waals surface area contributed by atoms with Crippen LogP contribution in [0.4, 0.5) is 4.39 Å². The quantitative estimate of drug-likeness (QED) is 0.680. The number of aryl methyl sites for hydroxylation is 1. The molecule has 1 unspecified atom stereocenters. The molecule has 1 aromatic carbocycles. The van der Waals surface area contributed by atoms with Crippen LogP contribution in [0, 0.1) is 18.7 Å². The minimum absolute atomic E-state index is 0.107. The largest absolute Gasteiger partial charge is 0.207 e. The molecule has 0 bridgehead atoms. The van der Waals surface area contributed by atoms with E-state index in [1.165, 1.54) is 31.2 Å². The van der Waals surface area contributed by atoms with E-state index in [1.54, 1.807) is 6.07 Å². The lowest BCUT2D eigenvalue weighted by atomic mass is 9.97. The third-order valence-corrected chi connectivity index (χ3v) is 4.59. The molecule has 1 aromatic rings. The zero-order valence-electron chi connectivity index (χ0n) is 8.97. The Hall–Kier alpha value is -0.370. The molecule has 0 N–H and O–H groups in total. The molecular formula is C13H16BrF. The van der Waals surface area contributed by atoms with Crippen molar-refractivity contribution < 1.29 is 4.39 Å². The maximum atomic E-state index is 13.1. The Labute approximate surface area is 99.0 Å². The smallest absolute Gasteiger partial charge is 0.126 e. The van der Waals surface area contributed by atoms with E-state index in [2.05, 4.69) is 15.9 Å². The van der Waals surface area contributed by atoms with Crippen LogP contribution < -0.4 is 0 Å². The van der Waals surface area contributed by atoms with Gasteiger partial charge in [0.1, 0.15) is 5.82 Å². The first-order chi connectivity index (χ1) is 7.18. The monoisotopic (exact) mass is 270 g/mol. The third kappa shape index (κ3) is 2.41. The van der Waals surface area contributed by atoms with Gasteiger partial charge < -0.3 is 0 Å². The highest BCUT2D eigenvalue weighted by Gasteiger charge is 2.24. The van der Waals surface area contributed by atoms with E-state index in [0.717, 1.165) is 11.5 Å². The number of alkyl halides is 1. The molecule has 1 fully saturated rings. The number of hydrogen-bond acceptors (Lipinski definition) is 0. The minimum atomic E-state index is -0.107. The molecular weight excluding hydrogens is 255 g/mol. The molecule has 0 amide bonds. The van der Waals surface area contributed by atoms with Crippen LogP contribution in [0.15, 0.2) is 18.2 Å². The van der Waals surface area contributed by atoms with E-state index in [4.69, 9.17) is 0 Å². The Morgan fingerprint density at radius 1 is 1.33 bits per heavy atom. The topological polar surface area (TPSA) is 0 Å². The fourth-order valence-corrected chi connectivity index (χ4v) is 3.18. The van der Waals surface area contributed by atoms with Crippen LogP contribution in [0.2, 0.25) is 0 Å². The first kappa shape index (κ1) is 11.1. The van der Waals surface area contributed by atoms with Gasteiger partial charge in [0.25, 0.3) is 0 Å². The molecule has 0 aromatic heterocycles. The lowest BCUT2D eigenvalue weighted by Gasteiger charge is -2.17. The summed E-state index contributed by atoms with van der Waals surface area (Å²) in [6.45, 7) is 1.83. The van der Waals surface area contributed by atoms with Gasteiger partial charge in [0.2, 0.25) is 0 Å². The predicted molar refractivity (Wildman–Crippen MR) is 64.8 cm³/mol. The highest BCUT2D eigenvalue weighted by molar-refractivity contribution is 9.09. The van der Waals surface area contributed by atoms with E-state index >= 15 is 0 Å². The molecule has 2 rings (SSSR count). The van der Waals surface area contributed by atoms with E-state index < -0.39 is 0 Å². The number of rotatable bonds is 2. The Balaban J connectivity index is 2.17. The third-order valence-electron chi connectivity index (χ3n) is 3.31. The molecule has 82 valence electrons. The second-order valence-corrected chi connectivity index (χ2v) is 5.44. The first-order valence-corrected chi connectivity index (χ1v) is 6.50. The molecule has 1 saturated carbocycles. The highest BCUT2D eigenvalue weighted by Crippen LogP contribution is 2.41. The van der Waals surface area contributed by atoms with Crippen molar-refractivity contribution in [2.24, 2.45) is 5.92 Å². The maximum absolute atomic E-state index is 13.1. The Morgan fingerprint density at radius 2 is 2.00 bits per heavy atom. The normalized spacial score (nSPS) is 19.4. The summed E-state index contributed by atoms with van der Waals surface area (Å²) in [5.74, 6) is 0.625. The summed E-state index contributed by atoms with van der Waals surface area (Å²) < 4.78 is 13.1. The van der Waals surface area contributed by atoms with Crippen molar-refractivity contribution in [1.29, 1.82) is 0 Å². The molecule has 0 saturated heterocycles.